The average Bonchev–Trinajstić information content (AvgIpc) is 3.28. The Kier molecular flexibility index (Phi) is 48.1. The second-order valence-corrected chi connectivity index (χ2v) is 20.9. The fourth-order valence-electron chi connectivity index (χ4n) is 8.76. The Bertz CT molecular complexity index is 995. The maximum atomic E-state index is 12.8. The Balaban J connectivity index is 4.22. The first kappa shape index (κ1) is 62.4. The van der Waals surface area contributed by atoms with E-state index in [0.717, 1.165) is 75.5 Å². The molecule has 0 fully saturated rings. The molecule has 0 rings (SSSR count). The summed E-state index contributed by atoms with van der Waals surface area (Å²) in [5.74, 6) is 1.71. The number of carbonyl (C=O) groups is 3. The molecule has 0 saturated carbocycles. The van der Waals surface area contributed by atoms with E-state index in [2.05, 4.69) is 41.5 Å². The molecule has 0 aliphatic rings. The van der Waals surface area contributed by atoms with E-state index in [-0.39, 0.29) is 31.1 Å². The Labute approximate surface area is 399 Å². The van der Waals surface area contributed by atoms with Crippen molar-refractivity contribution in [2.24, 2.45) is 17.8 Å². The van der Waals surface area contributed by atoms with E-state index in [1.165, 1.54) is 199 Å². The van der Waals surface area contributed by atoms with Gasteiger partial charge < -0.3 is 14.2 Å². The van der Waals surface area contributed by atoms with Gasteiger partial charge in [0.05, 0.1) is 0 Å². The Morgan fingerprint density at radius 3 is 0.812 bits per heavy atom. The highest BCUT2D eigenvalue weighted by molar-refractivity contribution is 5.71. The SMILES string of the molecule is CCC(C)CCCCCCCCCCCCCCCCCCCCC(=O)O[C@@H](COC(=O)CCCCCCCCCCCCC(C)CC)COC(=O)CCCCCCCCCC(C)C. The van der Waals surface area contributed by atoms with Gasteiger partial charge in [0.25, 0.3) is 0 Å². The lowest BCUT2D eigenvalue weighted by molar-refractivity contribution is -0.167. The summed E-state index contributed by atoms with van der Waals surface area (Å²) in [7, 11) is 0. The maximum Gasteiger partial charge on any atom is 0.306 e. The van der Waals surface area contributed by atoms with Gasteiger partial charge in [-0.25, -0.2) is 0 Å². The van der Waals surface area contributed by atoms with Crippen LogP contribution in [0.1, 0.15) is 318 Å². The van der Waals surface area contributed by atoms with Gasteiger partial charge in [0, 0.05) is 19.3 Å². The molecule has 0 amide bonds. The number of hydrogen-bond acceptors (Lipinski definition) is 6. The Morgan fingerprint density at radius 2 is 0.547 bits per heavy atom. The molecule has 3 atom stereocenters. The smallest absolute Gasteiger partial charge is 0.306 e. The van der Waals surface area contributed by atoms with Crippen LogP contribution in [0.25, 0.3) is 0 Å². The quantitative estimate of drug-likeness (QED) is 0.0344. The molecule has 6 nitrogen and oxygen atoms in total. The van der Waals surface area contributed by atoms with Crippen LogP contribution in [0.2, 0.25) is 0 Å². The van der Waals surface area contributed by atoms with E-state index >= 15 is 0 Å². The van der Waals surface area contributed by atoms with Crippen LogP contribution in [0.15, 0.2) is 0 Å². The fraction of sp³-hybridized carbons (Fsp3) is 0.948. The summed E-state index contributed by atoms with van der Waals surface area (Å²) < 4.78 is 16.8. The first-order chi connectivity index (χ1) is 31.2. The van der Waals surface area contributed by atoms with Crippen LogP contribution >= 0.6 is 0 Å². The van der Waals surface area contributed by atoms with Gasteiger partial charge in [0.15, 0.2) is 6.10 Å². The van der Waals surface area contributed by atoms with E-state index in [1.807, 2.05) is 0 Å². The van der Waals surface area contributed by atoms with Crippen LogP contribution < -0.4 is 0 Å². The first-order valence-electron chi connectivity index (χ1n) is 28.7. The number of unbranched alkanes of at least 4 members (excludes halogenated alkanes) is 32. The van der Waals surface area contributed by atoms with Gasteiger partial charge in [-0.05, 0) is 37.0 Å². The van der Waals surface area contributed by atoms with Crippen LogP contribution in [-0.2, 0) is 28.6 Å². The second kappa shape index (κ2) is 49.3. The number of carbonyl (C=O) groups excluding carboxylic acids is 3. The molecule has 0 aromatic rings. The van der Waals surface area contributed by atoms with E-state index in [0.29, 0.717) is 19.3 Å². The van der Waals surface area contributed by atoms with E-state index < -0.39 is 6.10 Å². The van der Waals surface area contributed by atoms with Crippen molar-refractivity contribution in [3.05, 3.63) is 0 Å². The van der Waals surface area contributed by atoms with Crippen molar-refractivity contribution >= 4 is 17.9 Å². The van der Waals surface area contributed by atoms with Gasteiger partial charge in [0.1, 0.15) is 13.2 Å². The van der Waals surface area contributed by atoms with E-state index in [9.17, 15) is 14.4 Å². The third kappa shape index (κ3) is 48.3. The average molecular weight is 906 g/mol. The third-order valence-electron chi connectivity index (χ3n) is 13.9. The maximum absolute atomic E-state index is 12.8. The molecule has 6 heteroatoms. The standard InChI is InChI=1S/C58H112O6/c1-7-53(5)45-39-33-27-21-17-15-13-11-9-10-12-14-16-18-24-30-37-43-49-58(61)64-55(51-63-57(60)48-42-36-31-25-26-32-38-44-52(3)4)50-62-56(59)47-41-35-29-23-20-19-22-28-34-40-46-54(6)8-2/h52-55H,7-51H2,1-6H3/t53?,54?,55-/m0/s1. The minimum atomic E-state index is -0.764. The molecule has 380 valence electrons. The minimum Gasteiger partial charge on any atom is -0.462 e. The van der Waals surface area contributed by atoms with Gasteiger partial charge >= 0.3 is 17.9 Å². The lowest BCUT2D eigenvalue weighted by Gasteiger charge is -2.18. The predicted octanol–water partition coefficient (Wildman–Crippen LogP) is 18.7. The molecule has 0 N–H and O–H groups in total. The molecule has 0 bridgehead atoms. The van der Waals surface area contributed by atoms with Crippen molar-refractivity contribution in [1.29, 1.82) is 0 Å². The third-order valence-corrected chi connectivity index (χ3v) is 13.9. The lowest BCUT2D eigenvalue weighted by Crippen LogP contribution is -2.30. The van der Waals surface area contributed by atoms with Crippen molar-refractivity contribution in [2.75, 3.05) is 13.2 Å². The van der Waals surface area contributed by atoms with E-state index in [4.69, 9.17) is 14.2 Å². The number of ether oxygens (including phenoxy) is 3. The molecule has 2 unspecified atom stereocenters. The van der Waals surface area contributed by atoms with Crippen LogP contribution in [-0.4, -0.2) is 37.2 Å². The zero-order valence-corrected chi connectivity index (χ0v) is 44.1. The number of hydrogen-bond donors (Lipinski definition) is 0. The zero-order chi connectivity index (χ0) is 47.0. The lowest BCUT2D eigenvalue weighted by atomic mass is 9.99. The highest BCUT2D eigenvalue weighted by atomic mass is 16.6. The van der Waals surface area contributed by atoms with Crippen LogP contribution in [0.3, 0.4) is 0 Å². The topological polar surface area (TPSA) is 78.9 Å². The molecule has 0 radical (unpaired) electrons. The second-order valence-electron chi connectivity index (χ2n) is 20.9. The fourth-order valence-corrected chi connectivity index (χ4v) is 8.76. The Hall–Kier alpha value is -1.59. The molecule has 0 spiro atoms. The van der Waals surface area contributed by atoms with Gasteiger partial charge in [0.2, 0.25) is 0 Å². The predicted molar refractivity (Wildman–Crippen MR) is 275 cm³/mol. The number of esters is 3. The van der Waals surface area contributed by atoms with Crippen LogP contribution in [0, 0.1) is 17.8 Å². The summed E-state index contributed by atoms with van der Waals surface area (Å²) in [6.45, 7) is 13.8. The molecule has 0 aliphatic heterocycles. The molecule has 0 aliphatic carbocycles. The molecule has 0 saturated heterocycles. The summed E-state index contributed by atoms with van der Waals surface area (Å²) in [6.07, 6.45) is 51.0. The molecule has 0 aromatic carbocycles. The Morgan fingerprint density at radius 1 is 0.312 bits per heavy atom. The zero-order valence-electron chi connectivity index (χ0n) is 44.1. The molecule has 0 aromatic heterocycles. The molecular formula is C58H112O6. The summed E-state index contributed by atoms with van der Waals surface area (Å²) >= 11 is 0. The summed E-state index contributed by atoms with van der Waals surface area (Å²) in [6, 6.07) is 0. The van der Waals surface area contributed by atoms with Gasteiger partial charge in [-0.3, -0.25) is 14.4 Å². The van der Waals surface area contributed by atoms with E-state index in [1.54, 1.807) is 0 Å². The monoisotopic (exact) mass is 905 g/mol. The van der Waals surface area contributed by atoms with Crippen molar-refractivity contribution in [3.8, 4) is 0 Å². The van der Waals surface area contributed by atoms with Gasteiger partial charge in [-0.2, -0.15) is 0 Å². The van der Waals surface area contributed by atoms with Crippen LogP contribution in [0.4, 0.5) is 0 Å². The van der Waals surface area contributed by atoms with Crippen LogP contribution in [0.5, 0.6) is 0 Å². The van der Waals surface area contributed by atoms with Crippen molar-refractivity contribution in [1.82, 2.24) is 0 Å². The van der Waals surface area contributed by atoms with Crippen molar-refractivity contribution in [3.63, 3.8) is 0 Å². The molecular weight excluding hydrogens is 793 g/mol. The van der Waals surface area contributed by atoms with Gasteiger partial charge in [-0.1, -0.05) is 279 Å². The highest BCUT2D eigenvalue weighted by Gasteiger charge is 2.19. The summed E-state index contributed by atoms with van der Waals surface area (Å²) in [5.41, 5.74) is 0. The van der Waals surface area contributed by atoms with Gasteiger partial charge in [-0.15, -0.1) is 0 Å². The normalized spacial score (nSPS) is 13.0. The molecule has 0 heterocycles. The summed E-state index contributed by atoms with van der Waals surface area (Å²) in [5, 5.41) is 0. The van der Waals surface area contributed by atoms with Crippen molar-refractivity contribution < 1.29 is 28.6 Å². The highest BCUT2D eigenvalue weighted by Crippen LogP contribution is 2.19. The minimum absolute atomic E-state index is 0.0646. The number of rotatable bonds is 51. The molecule has 64 heavy (non-hydrogen) atoms. The summed E-state index contributed by atoms with van der Waals surface area (Å²) in [4.78, 5) is 38.0. The largest absolute Gasteiger partial charge is 0.462 e. The first-order valence-corrected chi connectivity index (χ1v) is 28.7. The van der Waals surface area contributed by atoms with Crippen molar-refractivity contribution in [2.45, 2.75) is 324 Å².